The average molecular weight is 374 g/mol. The standard InChI is InChI=1S/C19H26N4O4/c1-3-14-4-6-15(7-5-14)19-20-17(27-21-19)12-23-8-9-26-16(11-23)10-22(2)13-18(24)25/h4-7,16H,3,8-13H2,1-2H3,(H,24,25). The number of carbonyl (C=O) groups is 1. The molecule has 1 aromatic carbocycles. The number of carboxylic acids is 1. The lowest BCUT2D eigenvalue weighted by Crippen LogP contribution is -2.47. The van der Waals surface area contributed by atoms with Crippen molar-refractivity contribution in [3.8, 4) is 11.4 Å². The van der Waals surface area contributed by atoms with Gasteiger partial charge in [-0.3, -0.25) is 14.6 Å². The van der Waals surface area contributed by atoms with E-state index in [1.165, 1.54) is 5.56 Å². The third-order valence-corrected chi connectivity index (χ3v) is 4.59. The summed E-state index contributed by atoms with van der Waals surface area (Å²) in [6.45, 7) is 5.34. The Bertz CT molecular complexity index is 746. The fourth-order valence-corrected chi connectivity index (χ4v) is 3.19. The van der Waals surface area contributed by atoms with Crippen molar-refractivity contribution in [1.29, 1.82) is 0 Å². The SMILES string of the molecule is CCc1ccc(-c2noc(CN3CCOC(CN(C)CC(=O)O)C3)n2)cc1. The molecule has 1 fully saturated rings. The molecule has 8 heteroatoms. The second-order valence-corrected chi connectivity index (χ2v) is 6.88. The van der Waals surface area contributed by atoms with Crippen LogP contribution in [0.15, 0.2) is 28.8 Å². The molecule has 146 valence electrons. The topological polar surface area (TPSA) is 91.9 Å². The Morgan fingerprint density at radius 1 is 1.37 bits per heavy atom. The lowest BCUT2D eigenvalue weighted by molar-refractivity contribution is -0.138. The highest BCUT2D eigenvalue weighted by Gasteiger charge is 2.24. The summed E-state index contributed by atoms with van der Waals surface area (Å²) in [6, 6.07) is 8.17. The Morgan fingerprint density at radius 2 is 2.15 bits per heavy atom. The zero-order valence-electron chi connectivity index (χ0n) is 15.8. The minimum absolute atomic E-state index is 0.00367. The molecule has 1 atom stereocenters. The molecule has 2 aromatic rings. The molecule has 1 N–H and O–H groups in total. The van der Waals surface area contributed by atoms with Gasteiger partial charge in [-0.05, 0) is 19.0 Å². The maximum atomic E-state index is 10.8. The summed E-state index contributed by atoms with van der Waals surface area (Å²) >= 11 is 0. The van der Waals surface area contributed by atoms with E-state index in [0.29, 0.717) is 38.0 Å². The maximum absolute atomic E-state index is 10.8. The van der Waals surface area contributed by atoms with Gasteiger partial charge in [-0.15, -0.1) is 0 Å². The van der Waals surface area contributed by atoms with Crippen molar-refractivity contribution in [1.82, 2.24) is 19.9 Å². The van der Waals surface area contributed by atoms with Crippen LogP contribution in [0.4, 0.5) is 0 Å². The van der Waals surface area contributed by atoms with E-state index in [-0.39, 0.29) is 12.6 Å². The van der Waals surface area contributed by atoms with Crippen molar-refractivity contribution in [3.63, 3.8) is 0 Å². The van der Waals surface area contributed by atoms with Gasteiger partial charge in [-0.2, -0.15) is 4.98 Å². The summed E-state index contributed by atoms with van der Waals surface area (Å²) in [5.41, 5.74) is 2.21. The van der Waals surface area contributed by atoms with Gasteiger partial charge in [0.15, 0.2) is 0 Å². The number of carboxylic acid groups (broad SMARTS) is 1. The molecular formula is C19H26N4O4. The molecule has 1 saturated heterocycles. The Hall–Kier alpha value is -2.29. The fraction of sp³-hybridized carbons (Fsp3) is 0.526. The normalized spacial score (nSPS) is 18.1. The van der Waals surface area contributed by atoms with Crippen LogP contribution in [0.1, 0.15) is 18.4 Å². The monoisotopic (exact) mass is 374 g/mol. The van der Waals surface area contributed by atoms with Gasteiger partial charge >= 0.3 is 5.97 Å². The minimum atomic E-state index is -0.837. The summed E-state index contributed by atoms with van der Waals surface area (Å²) < 4.78 is 11.2. The lowest BCUT2D eigenvalue weighted by atomic mass is 10.1. The highest BCUT2D eigenvalue weighted by molar-refractivity contribution is 5.69. The van der Waals surface area contributed by atoms with E-state index < -0.39 is 5.97 Å². The summed E-state index contributed by atoms with van der Waals surface area (Å²) in [7, 11) is 1.78. The van der Waals surface area contributed by atoms with Gasteiger partial charge in [-0.25, -0.2) is 0 Å². The number of hydrogen-bond donors (Lipinski definition) is 1. The predicted molar refractivity (Wildman–Crippen MR) is 99.3 cm³/mol. The summed E-state index contributed by atoms with van der Waals surface area (Å²) in [5.74, 6) is 0.332. The first-order valence-electron chi connectivity index (χ1n) is 9.19. The number of aromatic nitrogens is 2. The van der Waals surface area contributed by atoms with Crippen LogP contribution in [0.25, 0.3) is 11.4 Å². The number of ether oxygens (including phenoxy) is 1. The Balaban J connectivity index is 1.55. The molecule has 3 rings (SSSR count). The van der Waals surface area contributed by atoms with Crippen LogP contribution < -0.4 is 0 Å². The summed E-state index contributed by atoms with van der Waals surface area (Å²) in [6.07, 6.45) is 0.963. The van der Waals surface area contributed by atoms with Crippen LogP contribution in [0.3, 0.4) is 0 Å². The van der Waals surface area contributed by atoms with Gasteiger partial charge < -0.3 is 14.4 Å². The van der Waals surface area contributed by atoms with Gasteiger partial charge in [0.2, 0.25) is 11.7 Å². The number of aryl methyl sites for hydroxylation is 1. The molecule has 27 heavy (non-hydrogen) atoms. The van der Waals surface area contributed by atoms with Gasteiger partial charge in [-0.1, -0.05) is 36.3 Å². The molecule has 0 bridgehead atoms. The fourth-order valence-electron chi connectivity index (χ4n) is 3.19. The van der Waals surface area contributed by atoms with Crippen LogP contribution in [-0.2, 0) is 22.5 Å². The van der Waals surface area contributed by atoms with E-state index >= 15 is 0 Å². The molecule has 1 aliphatic heterocycles. The average Bonchev–Trinajstić information content (AvgIpc) is 3.10. The zero-order chi connectivity index (χ0) is 19.2. The van der Waals surface area contributed by atoms with E-state index in [4.69, 9.17) is 14.4 Å². The van der Waals surface area contributed by atoms with Crippen molar-refractivity contribution >= 4 is 5.97 Å². The highest BCUT2D eigenvalue weighted by Crippen LogP contribution is 2.18. The maximum Gasteiger partial charge on any atom is 0.317 e. The second-order valence-electron chi connectivity index (χ2n) is 6.88. The van der Waals surface area contributed by atoms with Crippen molar-refractivity contribution < 1.29 is 19.2 Å². The molecule has 1 unspecified atom stereocenters. The number of hydrogen-bond acceptors (Lipinski definition) is 7. The lowest BCUT2D eigenvalue weighted by Gasteiger charge is -2.33. The quantitative estimate of drug-likeness (QED) is 0.744. The molecule has 1 aliphatic rings. The van der Waals surface area contributed by atoms with Crippen molar-refractivity contribution in [3.05, 3.63) is 35.7 Å². The third kappa shape index (κ3) is 5.59. The molecule has 0 saturated carbocycles. The van der Waals surface area contributed by atoms with Crippen LogP contribution in [0.2, 0.25) is 0 Å². The van der Waals surface area contributed by atoms with Crippen LogP contribution in [0, 0.1) is 0 Å². The number of likely N-dealkylation sites (N-methyl/N-ethyl adjacent to an activating group) is 1. The van der Waals surface area contributed by atoms with Crippen molar-refractivity contribution in [2.24, 2.45) is 0 Å². The molecule has 8 nitrogen and oxygen atoms in total. The Kier molecular flexibility index (Phi) is 6.54. The number of benzene rings is 1. The third-order valence-electron chi connectivity index (χ3n) is 4.59. The number of aliphatic carboxylic acids is 1. The summed E-state index contributed by atoms with van der Waals surface area (Å²) in [4.78, 5) is 19.2. The molecule has 0 amide bonds. The van der Waals surface area contributed by atoms with Crippen LogP contribution >= 0.6 is 0 Å². The predicted octanol–water partition coefficient (Wildman–Crippen LogP) is 1.52. The van der Waals surface area contributed by atoms with E-state index in [2.05, 4.69) is 34.1 Å². The molecular weight excluding hydrogens is 348 g/mol. The molecule has 0 aliphatic carbocycles. The van der Waals surface area contributed by atoms with E-state index in [0.717, 1.165) is 18.5 Å². The molecule has 0 spiro atoms. The van der Waals surface area contributed by atoms with E-state index in [1.807, 2.05) is 12.1 Å². The zero-order valence-corrected chi connectivity index (χ0v) is 15.8. The van der Waals surface area contributed by atoms with Gasteiger partial charge in [0, 0.05) is 25.2 Å². The van der Waals surface area contributed by atoms with Crippen molar-refractivity contribution in [2.75, 3.05) is 39.8 Å². The van der Waals surface area contributed by atoms with Crippen molar-refractivity contribution in [2.45, 2.75) is 26.0 Å². The van der Waals surface area contributed by atoms with Crippen LogP contribution in [0.5, 0.6) is 0 Å². The number of nitrogens with zero attached hydrogens (tertiary/aromatic N) is 4. The van der Waals surface area contributed by atoms with Crippen LogP contribution in [-0.4, -0.2) is 77.0 Å². The first-order valence-corrected chi connectivity index (χ1v) is 9.19. The molecule has 2 heterocycles. The van der Waals surface area contributed by atoms with Gasteiger partial charge in [0.1, 0.15) is 0 Å². The molecule has 0 radical (unpaired) electrons. The number of rotatable bonds is 8. The van der Waals surface area contributed by atoms with Gasteiger partial charge in [0.25, 0.3) is 0 Å². The number of morpholine rings is 1. The first kappa shape index (κ1) is 19.5. The Labute approximate surface area is 158 Å². The second kappa shape index (κ2) is 9.07. The van der Waals surface area contributed by atoms with E-state index in [9.17, 15) is 4.79 Å². The summed E-state index contributed by atoms with van der Waals surface area (Å²) in [5, 5.41) is 13.0. The highest BCUT2D eigenvalue weighted by atomic mass is 16.5. The smallest absolute Gasteiger partial charge is 0.317 e. The Morgan fingerprint density at radius 3 is 2.85 bits per heavy atom. The largest absolute Gasteiger partial charge is 0.480 e. The molecule has 1 aromatic heterocycles. The van der Waals surface area contributed by atoms with E-state index in [1.54, 1.807) is 11.9 Å². The first-order chi connectivity index (χ1) is 13.0. The van der Waals surface area contributed by atoms with Gasteiger partial charge in [0.05, 0.1) is 25.8 Å². The minimum Gasteiger partial charge on any atom is -0.480 e.